The normalized spacial score (nSPS) is 10.9. The smallest absolute Gasteiger partial charge is 0.343 e. The fraction of sp³-hybridized carbons (Fsp3) is 0.194. The van der Waals surface area contributed by atoms with E-state index in [0.717, 1.165) is 29.2 Å². The van der Waals surface area contributed by atoms with Gasteiger partial charge in [-0.1, -0.05) is 55.8 Å². The predicted octanol–water partition coefficient (Wildman–Crippen LogP) is 5.94. The lowest BCUT2D eigenvalue weighted by atomic mass is 10.0. The molecule has 7 heteroatoms. The van der Waals surface area contributed by atoms with E-state index in [1.807, 2.05) is 42.5 Å². The molecule has 0 radical (unpaired) electrons. The number of hydrogen-bond acceptors (Lipinski definition) is 6. The van der Waals surface area contributed by atoms with Crippen molar-refractivity contribution >= 4 is 28.9 Å². The van der Waals surface area contributed by atoms with Gasteiger partial charge in [-0.25, -0.2) is 10.2 Å². The molecular formula is C31H30N2O5. The van der Waals surface area contributed by atoms with Crippen LogP contribution >= 0.6 is 0 Å². The Hall–Kier alpha value is -4.65. The van der Waals surface area contributed by atoms with Crippen LogP contribution in [0.4, 0.5) is 0 Å². The average molecular weight is 511 g/mol. The van der Waals surface area contributed by atoms with Gasteiger partial charge in [0.15, 0.2) is 11.5 Å². The molecule has 4 aromatic carbocycles. The van der Waals surface area contributed by atoms with Crippen LogP contribution in [0.1, 0.15) is 41.3 Å². The Morgan fingerprint density at radius 1 is 0.921 bits per heavy atom. The molecule has 0 aromatic heterocycles. The van der Waals surface area contributed by atoms with Crippen LogP contribution in [0.2, 0.25) is 0 Å². The van der Waals surface area contributed by atoms with E-state index in [9.17, 15) is 9.59 Å². The number of hydrogen-bond donors (Lipinski definition) is 1. The van der Waals surface area contributed by atoms with Gasteiger partial charge in [-0.15, -0.1) is 0 Å². The molecule has 7 nitrogen and oxygen atoms in total. The average Bonchev–Trinajstić information content (AvgIpc) is 2.94. The van der Waals surface area contributed by atoms with E-state index >= 15 is 0 Å². The largest absolute Gasteiger partial charge is 0.494 e. The van der Waals surface area contributed by atoms with Crippen molar-refractivity contribution in [1.82, 2.24) is 5.43 Å². The van der Waals surface area contributed by atoms with Gasteiger partial charge in [0.2, 0.25) is 5.91 Å². The number of nitrogens with one attached hydrogen (secondary N) is 1. The van der Waals surface area contributed by atoms with Crippen molar-refractivity contribution < 1.29 is 23.8 Å². The van der Waals surface area contributed by atoms with Crippen molar-refractivity contribution in [3.05, 3.63) is 102 Å². The van der Waals surface area contributed by atoms with E-state index in [0.29, 0.717) is 29.2 Å². The molecule has 4 rings (SSSR count). The number of ether oxygens (including phenoxy) is 3. The molecule has 0 spiro atoms. The highest BCUT2D eigenvalue weighted by Crippen LogP contribution is 2.28. The minimum Gasteiger partial charge on any atom is -0.494 e. The number of fused-ring (bicyclic) bond motifs is 1. The lowest BCUT2D eigenvalue weighted by Crippen LogP contribution is -2.19. The predicted molar refractivity (Wildman–Crippen MR) is 148 cm³/mol. The van der Waals surface area contributed by atoms with Gasteiger partial charge in [0.05, 0.1) is 31.9 Å². The Labute approximate surface area is 222 Å². The van der Waals surface area contributed by atoms with E-state index in [4.69, 9.17) is 14.2 Å². The molecule has 1 N–H and O–H groups in total. The van der Waals surface area contributed by atoms with Crippen LogP contribution in [0.25, 0.3) is 10.8 Å². The van der Waals surface area contributed by atoms with Gasteiger partial charge in [0, 0.05) is 0 Å². The number of methoxy groups -OCH3 is 1. The monoisotopic (exact) mass is 510 g/mol. The summed E-state index contributed by atoms with van der Waals surface area (Å²) in [6, 6.07) is 25.7. The Balaban J connectivity index is 1.34. The number of benzene rings is 4. The first-order chi connectivity index (χ1) is 18.6. The zero-order valence-electron chi connectivity index (χ0n) is 21.5. The first kappa shape index (κ1) is 26.4. The minimum atomic E-state index is -0.509. The quantitative estimate of drug-likeness (QED) is 0.0887. The van der Waals surface area contributed by atoms with E-state index < -0.39 is 5.97 Å². The van der Waals surface area contributed by atoms with E-state index in [1.165, 1.54) is 13.3 Å². The Kier molecular flexibility index (Phi) is 9.07. The van der Waals surface area contributed by atoms with Gasteiger partial charge in [-0.05, 0) is 70.8 Å². The zero-order valence-corrected chi connectivity index (χ0v) is 21.5. The lowest BCUT2D eigenvalue weighted by molar-refractivity contribution is -0.120. The Bertz CT molecular complexity index is 1420. The molecular weight excluding hydrogens is 480 g/mol. The molecule has 0 saturated heterocycles. The van der Waals surface area contributed by atoms with Gasteiger partial charge in [0.25, 0.3) is 0 Å². The molecule has 4 aromatic rings. The maximum Gasteiger partial charge on any atom is 0.343 e. The summed E-state index contributed by atoms with van der Waals surface area (Å²) in [6.45, 7) is 2.74. The zero-order chi connectivity index (χ0) is 26.7. The Morgan fingerprint density at radius 3 is 2.50 bits per heavy atom. The van der Waals surface area contributed by atoms with Crippen LogP contribution in [0.5, 0.6) is 17.2 Å². The topological polar surface area (TPSA) is 86.2 Å². The molecule has 0 fully saturated rings. The fourth-order valence-corrected chi connectivity index (χ4v) is 3.87. The second-order valence-corrected chi connectivity index (χ2v) is 8.63. The summed E-state index contributed by atoms with van der Waals surface area (Å²) in [5.41, 5.74) is 4.56. The number of carbonyl (C=O) groups excluding carboxylic acids is 2. The van der Waals surface area contributed by atoms with Crippen LogP contribution in [0.3, 0.4) is 0 Å². The first-order valence-electron chi connectivity index (χ1n) is 12.5. The number of nitrogens with zero attached hydrogens (tertiary/aromatic N) is 1. The van der Waals surface area contributed by atoms with Crippen LogP contribution in [0, 0.1) is 0 Å². The van der Waals surface area contributed by atoms with Crippen LogP contribution < -0.4 is 19.6 Å². The number of amides is 1. The molecule has 0 aliphatic rings. The third-order valence-corrected chi connectivity index (χ3v) is 5.88. The summed E-state index contributed by atoms with van der Waals surface area (Å²) in [7, 11) is 1.49. The fourth-order valence-electron chi connectivity index (χ4n) is 3.87. The molecule has 0 atom stereocenters. The van der Waals surface area contributed by atoms with Gasteiger partial charge >= 0.3 is 5.97 Å². The van der Waals surface area contributed by atoms with Gasteiger partial charge in [-0.2, -0.15) is 5.10 Å². The van der Waals surface area contributed by atoms with Gasteiger partial charge < -0.3 is 14.2 Å². The maximum atomic E-state index is 12.6. The highest BCUT2D eigenvalue weighted by Gasteiger charge is 2.13. The molecule has 38 heavy (non-hydrogen) atoms. The minimum absolute atomic E-state index is 0.211. The second-order valence-electron chi connectivity index (χ2n) is 8.63. The van der Waals surface area contributed by atoms with E-state index in [-0.39, 0.29) is 18.1 Å². The molecule has 0 aliphatic carbocycles. The molecule has 1 amide bonds. The summed E-state index contributed by atoms with van der Waals surface area (Å²) in [5, 5.41) is 6.19. The van der Waals surface area contributed by atoms with Gasteiger partial charge in [-0.3, -0.25) is 4.79 Å². The summed E-state index contributed by atoms with van der Waals surface area (Å²) < 4.78 is 16.6. The van der Waals surface area contributed by atoms with Crippen molar-refractivity contribution in [2.75, 3.05) is 13.7 Å². The number of esters is 1. The third kappa shape index (κ3) is 6.97. The van der Waals surface area contributed by atoms with Crippen molar-refractivity contribution in [3.63, 3.8) is 0 Å². The number of unbranched alkanes of at least 4 members (excludes halogenated alkanes) is 1. The van der Waals surface area contributed by atoms with Crippen molar-refractivity contribution in [2.45, 2.75) is 26.2 Å². The van der Waals surface area contributed by atoms with E-state index in [1.54, 1.807) is 42.5 Å². The molecule has 0 bridgehead atoms. The molecule has 0 unspecified atom stereocenters. The highest BCUT2D eigenvalue weighted by atomic mass is 16.6. The summed E-state index contributed by atoms with van der Waals surface area (Å²) in [5.74, 6) is 0.615. The van der Waals surface area contributed by atoms with Gasteiger partial charge in [0.1, 0.15) is 5.75 Å². The number of carbonyl (C=O) groups is 2. The van der Waals surface area contributed by atoms with E-state index in [2.05, 4.69) is 17.5 Å². The number of rotatable bonds is 11. The standard InChI is InChI=1S/C31H30N2O5/c1-3-4-18-37-26-15-13-24(14-16-26)31(35)38-28-17-12-22(19-29(28)36-2)21-32-33-30(34)20-25-10-7-9-23-8-5-6-11-27(23)25/h5-17,19,21H,3-4,18,20H2,1-2H3,(H,33,34)/b32-21+. The lowest BCUT2D eigenvalue weighted by Gasteiger charge is -2.10. The first-order valence-corrected chi connectivity index (χ1v) is 12.5. The third-order valence-electron chi connectivity index (χ3n) is 5.88. The van der Waals surface area contributed by atoms with Crippen molar-refractivity contribution in [2.24, 2.45) is 5.10 Å². The molecule has 0 saturated carbocycles. The molecule has 0 aliphatic heterocycles. The molecule has 194 valence electrons. The SMILES string of the molecule is CCCCOc1ccc(C(=O)Oc2ccc(/C=N/NC(=O)Cc3cccc4ccccc34)cc2OC)cc1. The van der Waals surface area contributed by atoms with Crippen molar-refractivity contribution in [1.29, 1.82) is 0 Å². The molecule has 0 heterocycles. The van der Waals surface area contributed by atoms with Crippen LogP contribution in [-0.4, -0.2) is 31.8 Å². The van der Waals surface area contributed by atoms with Crippen molar-refractivity contribution in [3.8, 4) is 17.2 Å². The summed E-state index contributed by atoms with van der Waals surface area (Å²) in [6.07, 6.45) is 3.74. The van der Waals surface area contributed by atoms with Crippen LogP contribution in [0.15, 0.2) is 90.0 Å². The summed E-state index contributed by atoms with van der Waals surface area (Å²) in [4.78, 5) is 25.1. The highest BCUT2D eigenvalue weighted by molar-refractivity contribution is 5.92. The maximum absolute atomic E-state index is 12.6. The summed E-state index contributed by atoms with van der Waals surface area (Å²) >= 11 is 0. The van der Waals surface area contributed by atoms with Crippen LogP contribution in [-0.2, 0) is 11.2 Å². The Morgan fingerprint density at radius 2 is 1.71 bits per heavy atom. The number of hydrazone groups is 1. The second kappa shape index (κ2) is 13.1.